The van der Waals surface area contributed by atoms with Crippen LogP contribution in [0.3, 0.4) is 0 Å². The van der Waals surface area contributed by atoms with Crippen LogP contribution < -0.4 is 10.6 Å². The smallest absolute Gasteiger partial charge is 0.191 e. The summed E-state index contributed by atoms with van der Waals surface area (Å²) in [5.74, 6) is 0.686. The van der Waals surface area contributed by atoms with Gasteiger partial charge in [0.1, 0.15) is 0 Å². The standard InChI is InChI=1S/C15H25N3O2S.HI/c1-15(2,3)21(19,20)11-10-17-14(16-4)18-12-13-8-6-5-7-9-13;/h5-9H,10-12H2,1-4H3,(H2,16,17,18);1H. The van der Waals surface area contributed by atoms with Crippen LogP contribution in [0.5, 0.6) is 0 Å². The van der Waals surface area contributed by atoms with E-state index in [-0.39, 0.29) is 29.7 Å². The molecule has 0 atom stereocenters. The maximum Gasteiger partial charge on any atom is 0.191 e. The van der Waals surface area contributed by atoms with Gasteiger partial charge in [0.15, 0.2) is 15.8 Å². The van der Waals surface area contributed by atoms with E-state index in [0.717, 1.165) is 5.56 Å². The molecule has 0 saturated carbocycles. The van der Waals surface area contributed by atoms with Crippen LogP contribution in [0.15, 0.2) is 35.3 Å². The SMILES string of the molecule is CN=C(NCCS(=O)(=O)C(C)(C)C)NCc1ccccc1.I. The summed E-state index contributed by atoms with van der Waals surface area (Å²) in [4.78, 5) is 4.08. The number of rotatable bonds is 5. The number of nitrogens with one attached hydrogen (secondary N) is 2. The Labute approximate surface area is 150 Å². The molecule has 0 radical (unpaired) electrons. The van der Waals surface area contributed by atoms with Crippen LogP contribution in [0.1, 0.15) is 26.3 Å². The molecule has 1 aromatic carbocycles. The lowest BCUT2D eigenvalue weighted by molar-refractivity contribution is 0.559. The molecule has 1 aromatic rings. The zero-order chi connectivity index (χ0) is 15.9. The van der Waals surface area contributed by atoms with E-state index in [0.29, 0.717) is 19.0 Å². The molecule has 0 aromatic heterocycles. The average molecular weight is 439 g/mol. The summed E-state index contributed by atoms with van der Waals surface area (Å²) in [6.07, 6.45) is 0. The fourth-order valence-corrected chi connectivity index (χ4v) is 2.60. The van der Waals surface area contributed by atoms with Crippen molar-refractivity contribution < 1.29 is 8.42 Å². The third kappa shape index (κ3) is 6.95. The lowest BCUT2D eigenvalue weighted by Gasteiger charge is -2.19. The van der Waals surface area contributed by atoms with Gasteiger partial charge in [0, 0.05) is 20.1 Å². The summed E-state index contributed by atoms with van der Waals surface area (Å²) in [5, 5.41) is 6.18. The fourth-order valence-electron chi connectivity index (χ4n) is 1.61. The van der Waals surface area contributed by atoms with Gasteiger partial charge in [-0.2, -0.15) is 0 Å². The molecule has 22 heavy (non-hydrogen) atoms. The normalized spacial score (nSPS) is 12.5. The number of hydrogen-bond donors (Lipinski definition) is 2. The Morgan fingerprint density at radius 2 is 1.73 bits per heavy atom. The zero-order valence-electron chi connectivity index (χ0n) is 13.6. The molecule has 0 heterocycles. The minimum absolute atomic E-state index is 0. The summed E-state index contributed by atoms with van der Waals surface area (Å²) in [7, 11) is -1.45. The van der Waals surface area contributed by atoms with E-state index in [1.165, 1.54) is 0 Å². The first-order valence-corrected chi connectivity index (χ1v) is 8.62. The lowest BCUT2D eigenvalue weighted by atomic mass is 10.2. The van der Waals surface area contributed by atoms with Crippen LogP contribution >= 0.6 is 24.0 Å². The molecule has 0 amide bonds. The van der Waals surface area contributed by atoms with Crippen molar-refractivity contribution in [3.05, 3.63) is 35.9 Å². The van der Waals surface area contributed by atoms with Crippen molar-refractivity contribution in [3.63, 3.8) is 0 Å². The van der Waals surface area contributed by atoms with Crippen LogP contribution in [0.2, 0.25) is 0 Å². The summed E-state index contributed by atoms with van der Waals surface area (Å²) >= 11 is 0. The van der Waals surface area contributed by atoms with E-state index in [2.05, 4.69) is 15.6 Å². The Morgan fingerprint density at radius 1 is 1.14 bits per heavy atom. The predicted octanol–water partition coefficient (Wildman–Crippen LogP) is 2.18. The molecule has 0 bridgehead atoms. The monoisotopic (exact) mass is 439 g/mol. The average Bonchev–Trinajstić information content (AvgIpc) is 2.42. The molecule has 0 aliphatic heterocycles. The van der Waals surface area contributed by atoms with Crippen LogP contribution in [0, 0.1) is 0 Å². The zero-order valence-corrected chi connectivity index (χ0v) is 16.7. The Bertz CT molecular complexity index is 566. The van der Waals surface area contributed by atoms with Crippen molar-refractivity contribution in [1.82, 2.24) is 10.6 Å². The van der Waals surface area contributed by atoms with Gasteiger partial charge in [-0.05, 0) is 26.3 Å². The molecule has 1 rings (SSSR count). The van der Waals surface area contributed by atoms with Crippen molar-refractivity contribution in [2.24, 2.45) is 4.99 Å². The van der Waals surface area contributed by atoms with E-state index in [9.17, 15) is 8.42 Å². The lowest BCUT2D eigenvalue weighted by Crippen LogP contribution is -2.41. The second-order valence-electron chi connectivity index (χ2n) is 5.77. The Morgan fingerprint density at radius 3 is 2.23 bits per heavy atom. The van der Waals surface area contributed by atoms with Crippen LogP contribution in [-0.4, -0.2) is 38.5 Å². The van der Waals surface area contributed by atoms with Gasteiger partial charge in [-0.15, -0.1) is 24.0 Å². The van der Waals surface area contributed by atoms with Crippen molar-refractivity contribution >= 4 is 39.8 Å². The Hall–Kier alpha value is -0.830. The van der Waals surface area contributed by atoms with Gasteiger partial charge in [-0.3, -0.25) is 4.99 Å². The molecule has 0 spiro atoms. The molecule has 0 aliphatic rings. The minimum atomic E-state index is -3.11. The maximum absolute atomic E-state index is 12.0. The first kappa shape index (κ1) is 21.2. The van der Waals surface area contributed by atoms with E-state index >= 15 is 0 Å². The summed E-state index contributed by atoms with van der Waals surface area (Å²) in [6.45, 7) is 6.13. The molecule has 2 N–H and O–H groups in total. The summed E-state index contributed by atoms with van der Waals surface area (Å²) < 4.78 is 23.3. The van der Waals surface area contributed by atoms with Crippen LogP contribution in [0.25, 0.3) is 0 Å². The van der Waals surface area contributed by atoms with Gasteiger partial charge in [0.2, 0.25) is 0 Å². The number of benzene rings is 1. The second-order valence-corrected chi connectivity index (χ2v) is 8.63. The van der Waals surface area contributed by atoms with Crippen LogP contribution in [-0.2, 0) is 16.4 Å². The molecule has 126 valence electrons. The number of guanidine groups is 1. The summed E-state index contributed by atoms with van der Waals surface area (Å²) in [5.41, 5.74) is 1.14. The van der Waals surface area contributed by atoms with E-state index in [4.69, 9.17) is 0 Å². The molecule has 5 nitrogen and oxygen atoms in total. The van der Waals surface area contributed by atoms with Crippen molar-refractivity contribution in [2.75, 3.05) is 19.3 Å². The van der Waals surface area contributed by atoms with E-state index < -0.39 is 14.6 Å². The Balaban J connectivity index is 0.00000441. The number of halogens is 1. The van der Waals surface area contributed by atoms with E-state index in [1.54, 1.807) is 27.8 Å². The van der Waals surface area contributed by atoms with Gasteiger partial charge >= 0.3 is 0 Å². The molecule has 0 saturated heterocycles. The third-order valence-electron chi connectivity index (χ3n) is 3.12. The highest BCUT2D eigenvalue weighted by atomic mass is 127. The fraction of sp³-hybridized carbons (Fsp3) is 0.533. The second kappa shape index (κ2) is 9.34. The first-order valence-electron chi connectivity index (χ1n) is 6.97. The van der Waals surface area contributed by atoms with Crippen molar-refractivity contribution in [2.45, 2.75) is 32.1 Å². The van der Waals surface area contributed by atoms with Gasteiger partial charge in [-0.25, -0.2) is 8.42 Å². The van der Waals surface area contributed by atoms with Gasteiger partial charge < -0.3 is 10.6 Å². The number of aliphatic imine (C=N–C) groups is 1. The highest BCUT2D eigenvalue weighted by Crippen LogP contribution is 2.15. The summed E-state index contributed by atoms with van der Waals surface area (Å²) in [6, 6.07) is 9.95. The largest absolute Gasteiger partial charge is 0.355 e. The van der Waals surface area contributed by atoms with Gasteiger partial charge in [-0.1, -0.05) is 30.3 Å². The van der Waals surface area contributed by atoms with Crippen molar-refractivity contribution in [3.8, 4) is 0 Å². The van der Waals surface area contributed by atoms with Crippen LogP contribution in [0.4, 0.5) is 0 Å². The predicted molar refractivity (Wildman–Crippen MR) is 104 cm³/mol. The molecule has 7 heteroatoms. The molecule has 0 fully saturated rings. The minimum Gasteiger partial charge on any atom is -0.355 e. The third-order valence-corrected chi connectivity index (χ3v) is 5.73. The highest BCUT2D eigenvalue weighted by molar-refractivity contribution is 14.0. The highest BCUT2D eigenvalue weighted by Gasteiger charge is 2.28. The molecular weight excluding hydrogens is 413 g/mol. The van der Waals surface area contributed by atoms with Gasteiger partial charge in [0.25, 0.3) is 0 Å². The van der Waals surface area contributed by atoms with Gasteiger partial charge in [0.05, 0.1) is 10.5 Å². The number of sulfone groups is 1. The topological polar surface area (TPSA) is 70.6 Å². The number of hydrogen-bond acceptors (Lipinski definition) is 3. The molecule has 0 unspecified atom stereocenters. The molecular formula is C15H26IN3O2S. The Kier molecular flexibility index (Phi) is 8.99. The van der Waals surface area contributed by atoms with E-state index in [1.807, 2.05) is 30.3 Å². The van der Waals surface area contributed by atoms with Crippen molar-refractivity contribution in [1.29, 1.82) is 0 Å². The maximum atomic E-state index is 12.0. The molecule has 0 aliphatic carbocycles. The quantitative estimate of drug-likeness (QED) is 0.419. The number of nitrogens with zero attached hydrogens (tertiary/aromatic N) is 1. The first-order chi connectivity index (χ1) is 9.76.